The van der Waals surface area contributed by atoms with E-state index >= 15 is 0 Å². The van der Waals surface area contributed by atoms with Gasteiger partial charge in [-0.2, -0.15) is 0 Å². The number of piperidine rings is 1. The molecule has 1 aliphatic rings. The molecule has 0 bridgehead atoms. The van der Waals surface area contributed by atoms with Crippen molar-refractivity contribution in [3.05, 3.63) is 11.9 Å². The van der Waals surface area contributed by atoms with E-state index in [1.165, 1.54) is 12.8 Å². The highest BCUT2D eigenvalue weighted by Gasteiger charge is 2.26. The van der Waals surface area contributed by atoms with Crippen LogP contribution in [-0.4, -0.2) is 29.1 Å². The summed E-state index contributed by atoms with van der Waals surface area (Å²) in [5.41, 5.74) is 0. The smallest absolute Gasteiger partial charge is 0.134 e. The molecule has 0 spiro atoms. The van der Waals surface area contributed by atoms with E-state index < -0.39 is 0 Å². The van der Waals surface area contributed by atoms with Gasteiger partial charge in [0.1, 0.15) is 17.5 Å². The third kappa shape index (κ3) is 3.17. The quantitative estimate of drug-likeness (QED) is 0.905. The van der Waals surface area contributed by atoms with Crippen LogP contribution in [0.15, 0.2) is 6.07 Å². The zero-order valence-corrected chi connectivity index (χ0v) is 12.6. The van der Waals surface area contributed by atoms with E-state index in [0.29, 0.717) is 6.04 Å². The molecule has 0 saturated carbocycles. The lowest BCUT2D eigenvalue weighted by Crippen LogP contribution is -2.43. The van der Waals surface area contributed by atoms with Gasteiger partial charge in [-0.3, -0.25) is 0 Å². The summed E-state index contributed by atoms with van der Waals surface area (Å²) >= 11 is 0. The molecule has 0 aliphatic carbocycles. The van der Waals surface area contributed by atoms with Gasteiger partial charge in [-0.15, -0.1) is 0 Å². The first-order valence-corrected chi connectivity index (χ1v) is 7.54. The van der Waals surface area contributed by atoms with Gasteiger partial charge in [-0.25, -0.2) is 9.97 Å². The van der Waals surface area contributed by atoms with E-state index in [4.69, 9.17) is 4.98 Å². The molecule has 2 unspecified atom stereocenters. The van der Waals surface area contributed by atoms with Crippen LogP contribution < -0.4 is 10.2 Å². The summed E-state index contributed by atoms with van der Waals surface area (Å²) in [7, 11) is 0. The van der Waals surface area contributed by atoms with Crippen LogP contribution in [0.1, 0.15) is 46.4 Å². The summed E-state index contributed by atoms with van der Waals surface area (Å²) in [5, 5.41) is 3.31. The van der Waals surface area contributed by atoms with Crippen LogP contribution in [0.4, 0.5) is 11.6 Å². The summed E-state index contributed by atoms with van der Waals surface area (Å²) in [5.74, 6) is 3.70. The van der Waals surface area contributed by atoms with E-state index in [9.17, 15) is 0 Å². The summed E-state index contributed by atoms with van der Waals surface area (Å²) in [6.07, 6.45) is 3.46. The standard InChI is InChI=1S/C15H26N4/c1-5-13-17-14(16-6-2)10-15(18-13)19-9-7-8-11(3)12(19)4/h10-12H,5-9H2,1-4H3,(H,16,17,18). The number of aromatic nitrogens is 2. The monoisotopic (exact) mass is 262 g/mol. The average Bonchev–Trinajstić information content (AvgIpc) is 2.42. The predicted octanol–water partition coefficient (Wildman–Crippen LogP) is 3.10. The molecule has 19 heavy (non-hydrogen) atoms. The number of nitrogens with one attached hydrogen (secondary N) is 1. The first-order valence-electron chi connectivity index (χ1n) is 7.54. The second-order valence-corrected chi connectivity index (χ2v) is 5.47. The lowest BCUT2D eigenvalue weighted by molar-refractivity contribution is 0.361. The maximum absolute atomic E-state index is 4.72. The SMILES string of the molecule is CCNc1cc(N2CCCC(C)C2C)nc(CC)n1. The lowest BCUT2D eigenvalue weighted by Gasteiger charge is -2.39. The maximum Gasteiger partial charge on any atom is 0.134 e. The highest BCUT2D eigenvalue weighted by molar-refractivity contribution is 5.50. The molecule has 1 fully saturated rings. The van der Waals surface area contributed by atoms with Crippen LogP contribution in [0.5, 0.6) is 0 Å². The van der Waals surface area contributed by atoms with Gasteiger partial charge < -0.3 is 10.2 Å². The van der Waals surface area contributed by atoms with Gasteiger partial charge in [0.2, 0.25) is 0 Å². The molecule has 0 radical (unpaired) electrons. The third-order valence-electron chi connectivity index (χ3n) is 4.10. The third-order valence-corrected chi connectivity index (χ3v) is 4.10. The lowest BCUT2D eigenvalue weighted by atomic mass is 9.92. The van der Waals surface area contributed by atoms with Crippen molar-refractivity contribution in [1.29, 1.82) is 0 Å². The van der Waals surface area contributed by atoms with E-state index in [2.05, 4.69) is 49.0 Å². The van der Waals surface area contributed by atoms with Crippen molar-refractivity contribution in [3.8, 4) is 0 Å². The molecule has 4 heteroatoms. The Labute approximate surface area is 116 Å². The highest BCUT2D eigenvalue weighted by Crippen LogP contribution is 2.28. The Morgan fingerprint density at radius 2 is 2.11 bits per heavy atom. The Kier molecular flexibility index (Phi) is 4.61. The molecule has 1 aromatic rings. The van der Waals surface area contributed by atoms with Gasteiger partial charge in [0.05, 0.1) is 0 Å². The second kappa shape index (κ2) is 6.22. The maximum atomic E-state index is 4.72. The van der Waals surface area contributed by atoms with Crippen molar-refractivity contribution in [2.75, 3.05) is 23.3 Å². The first-order chi connectivity index (χ1) is 9.15. The summed E-state index contributed by atoms with van der Waals surface area (Å²) in [6.45, 7) is 10.9. The Balaban J connectivity index is 2.29. The minimum absolute atomic E-state index is 0.558. The number of hydrogen-bond donors (Lipinski definition) is 1. The second-order valence-electron chi connectivity index (χ2n) is 5.47. The van der Waals surface area contributed by atoms with Crippen LogP contribution in [-0.2, 0) is 6.42 Å². The average molecular weight is 262 g/mol. The molecule has 1 N–H and O–H groups in total. The van der Waals surface area contributed by atoms with E-state index in [1.807, 2.05) is 0 Å². The Morgan fingerprint density at radius 1 is 1.32 bits per heavy atom. The summed E-state index contributed by atoms with van der Waals surface area (Å²) in [6, 6.07) is 2.65. The number of aryl methyl sites for hydroxylation is 1. The van der Waals surface area contributed by atoms with Crippen molar-refractivity contribution >= 4 is 11.6 Å². The van der Waals surface area contributed by atoms with Crippen molar-refractivity contribution in [2.45, 2.75) is 53.0 Å². The number of hydrogen-bond acceptors (Lipinski definition) is 4. The molecule has 2 rings (SSSR count). The first kappa shape index (κ1) is 14.1. The van der Waals surface area contributed by atoms with Crippen LogP contribution >= 0.6 is 0 Å². The summed E-state index contributed by atoms with van der Waals surface area (Å²) in [4.78, 5) is 11.7. The van der Waals surface area contributed by atoms with E-state index in [0.717, 1.165) is 42.9 Å². The van der Waals surface area contributed by atoms with Gasteiger partial charge in [0.15, 0.2) is 0 Å². The fourth-order valence-corrected chi connectivity index (χ4v) is 2.72. The normalized spacial score (nSPS) is 23.5. The molecule has 0 amide bonds. The molecular weight excluding hydrogens is 236 g/mol. The van der Waals surface area contributed by atoms with Crippen LogP contribution in [0.25, 0.3) is 0 Å². The molecule has 1 saturated heterocycles. The van der Waals surface area contributed by atoms with E-state index in [1.54, 1.807) is 0 Å². The Morgan fingerprint density at radius 3 is 2.79 bits per heavy atom. The zero-order valence-electron chi connectivity index (χ0n) is 12.6. The van der Waals surface area contributed by atoms with Crippen molar-refractivity contribution in [3.63, 3.8) is 0 Å². The molecule has 106 valence electrons. The molecule has 1 aliphatic heterocycles. The fraction of sp³-hybridized carbons (Fsp3) is 0.733. The molecule has 0 aromatic carbocycles. The van der Waals surface area contributed by atoms with Crippen molar-refractivity contribution < 1.29 is 0 Å². The minimum atomic E-state index is 0.558. The van der Waals surface area contributed by atoms with Gasteiger partial charge in [0.25, 0.3) is 0 Å². The number of anilines is 2. The molecular formula is C15H26N4. The van der Waals surface area contributed by atoms with Crippen molar-refractivity contribution in [1.82, 2.24) is 9.97 Å². The largest absolute Gasteiger partial charge is 0.370 e. The van der Waals surface area contributed by atoms with Gasteiger partial charge in [-0.05, 0) is 32.6 Å². The molecule has 2 heterocycles. The topological polar surface area (TPSA) is 41.0 Å². The molecule has 1 aromatic heterocycles. The fourth-order valence-electron chi connectivity index (χ4n) is 2.72. The number of nitrogens with zero attached hydrogens (tertiary/aromatic N) is 3. The Hall–Kier alpha value is -1.32. The predicted molar refractivity (Wildman–Crippen MR) is 80.8 cm³/mol. The number of rotatable bonds is 4. The van der Waals surface area contributed by atoms with E-state index in [-0.39, 0.29) is 0 Å². The van der Waals surface area contributed by atoms with Gasteiger partial charge >= 0.3 is 0 Å². The molecule has 4 nitrogen and oxygen atoms in total. The molecule has 2 atom stereocenters. The summed E-state index contributed by atoms with van der Waals surface area (Å²) < 4.78 is 0. The minimum Gasteiger partial charge on any atom is -0.370 e. The van der Waals surface area contributed by atoms with Gasteiger partial charge in [-0.1, -0.05) is 13.8 Å². The van der Waals surface area contributed by atoms with Crippen LogP contribution in [0.3, 0.4) is 0 Å². The Bertz CT molecular complexity index is 419. The highest BCUT2D eigenvalue weighted by atomic mass is 15.2. The zero-order chi connectivity index (χ0) is 13.8. The van der Waals surface area contributed by atoms with Crippen LogP contribution in [0, 0.1) is 5.92 Å². The van der Waals surface area contributed by atoms with Crippen molar-refractivity contribution in [2.24, 2.45) is 5.92 Å². The van der Waals surface area contributed by atoms with Crippen LogP contribution in [0.2, 0.25) is 0 Å². The van der Waals surface area contributed by atoms with Gasteiger partial charge in [0, 0.05) is 31.6 Å².